The fourth-order valence-corrected chi connectivity index (χ4v) is 6.49. The van der Waals surface area contributed by atoms with Crippen molar-refractivity contribution < 1.29 is 14.7 Å². The molecule has 2 saturated carbocycles. The van der Waals surface area contributed by atoms with Crippen molar-refractivity contribution in [2.24, 2.45) is 10.9 Å². The Bertz CT molecular complexity index is 1230. The highest BCUT2D eigenvalue weighted by Crippen LogP contribution is 2.39. The van der Waals surface area contributed by atoms with E-state index in [0.717, 1.165) is 55.3 Å². The molecule has 1 unspecified atom stereocenters. The first-order valence-electron chi connectivity index (χ1n) is 14.9. The predicted molar refractivity (Wildman–Crippen MR) is 162 cm³/mol. The molecular weight excluding hydrogens is 520 g/mol. The molecule has 4 N–H and O–H groups in total. The maximum absolute atomic E-state index is 8.90. The fourth-order valence-electron chi connectivity index (χ4n) is 5.24. The molecule has 1 atom stereocenters. The molecule has 2 aromatic carbocycles. The minimum Gasteiger partial charge on any atom is -0.455 e. The van der Waals surface area contributed by atoms with E-state index in [1.54, 1.807) is 12.1 Å². The van der Waals surface area contributed by atoms with Gasteiger partial charge in [-0.3, -0.25) is 0 Å². The van der Waals surface area contributed by atoms with E-state index in [0.29, 0.717) is 17.2 Å². The van der Waals surface area contributed by atoms with Crippen LogP contribution in [0.3, 0.4) is 0 Å². The average molecular weight is 563 g/mol. The number of ether oxygens (including phenoxy) is 2. The van der Waals surface area contributed by atoms with E-state index in [4.69, 9.17) is 25.4 Å². The Balaban J connectivity index is 1.28. The van der Waals surface area contributed by atoms with Crippen LogP contribution >= 0.6 is 11.3 Å². The normalized spacial score (nSPS) is 17.1. The molecule has 0 radical (unpaired) electrons. The van der Waals surface area contributed by atoms with E-state index < -0.39 is 6.29 Å². The standard InChI is InChI=1S/C32H42N4O3S/c1-2-3-9-29(39-27-18-12-23(13-19-27)31(33)36-37)38-26-16-10-22(11-17-26)30-28(20-21-34-25-14-15-25)40-32(35-30)24-7-5-4-6-8-24/h10-13,16-19,24-25,29,34,37H,2-9,14-15,20-21H2,1H3,(H2,33,36). The summed E-state index contributed by atoms with van der Waals surface area (Å²) in [6.07, 6.45) is 12.6. The van der Waals surface area contributed by atoms with Crippen molar-refractivity contribution in [2.75, 3.05) is 6.54 Å². The number of thiazole rings is 1. The molecular formula is C32H42N4O3S. The maximum Gasteiger partial charge on any atom is 0.241 e. The van der Waals surface area contributed by atoms with E-state index in [-0.39, 0.29) is 5.84 Å². The molecule has 2 aliphatic rings. The minimum atomic E-state index is -0.415. The van der Waals surface area contributed by atoms with Crippen molar-refractivity contribution >= 4 is 17.2 Å². The average Bonchev–Trinajstić information content (AvgIpc) is 3.73. The van der Waals surface area contributed by atoms with E-state index in [1.165, 1.54) is 54.8 Å². The fraction of sp³-hybridized carbons (Fsp3) is 0.500. The monoisotopic (exact) mass is 562 g/mol. The number of aromatic nitrogens is 1. The molecule has 2 fully saturated rings. The summed E-state index contributed by atoms with van der Waals surface area (Å²) in [4.78, 5) is 6.61. The third-order valence-corrected chi connectivity index (χ3v) is 9.02. The van der Waals surface area contributed by atoms with Crippen LogP contribution in [0, 0.1) is 0 Å². The first-order chi connectivity index (χ1) is 19.6. The van der Waals surface area contributed by atoms with Crippen LogP contribution in [0.1, 0.15) is 92.5 Å². The Morgan fingerprint density at radius 1 is 1.02 bits per heavy atom. The van der Waals surface area contributed by atoms with Crippen molar-refractivity contribution in [3.63, 3.8) is 0 Å². The highest BCUT2D eigenvalue weighted by Gasteiger charge is 2.24. The van der Waals surface area contributed by atoms with E-state index in [1.807, 2.05) is 35.6 Å². The summed E-state index contributed by atoms with van der Waals surface area (Å²) in [7, 11) is 0. The minimum absolute atomic E-state index is 0.0683. The number of rotatable bonds is 14. The summed E-state index contributed by atoms with van der Waals surface area (Å²) in [5.41, 5.74) is 8.60. The summed E-state index contributed by atoms with van der Waals surface area (Å²) in [5.74, 6) is 2.13. The van der Waals surface area contributed by atoms with Crippen LogP contribution in [-0.4, -0.2) is 34.9 Å². The summed E-state index contributed by atoms with van der Waals surface area (Å²) < 4.78 is 12.5. The smallest absolute Gasteiger partial charge is 0.241 e. The van der Waals surface area contributed by atoms with Gasteiger partial charge in [-0.15, -0.1) is 11.3 Å². The third kappa shape index (κ3) is 7.76. The number of nitrogens with one attached hydrogen (secondary N) is 1. The Kier molecular flexibility index (Phi) is 9.95. The zero-order valence-corrected chi connectivity index (χ0v) is 24.3. The topological polar surface area (TPSA) is 102 Å². The molecule has 3 aromatic rings. The van der Waals surface area contributed by atoms with E-state index in [9.17, 15) is 0 Å². The molecule has 7 nitrogen and oxygen atoms in total. The molecule has 0 spiro atoms. The number of nitrogens with zero attached hydrogens (tertiary/aromatic N) is 2. The highest BCUT2D eigenvalue weighted by molar-refractivity contribution is 7.12. The van der Waals surface area contributed by atoms with Crippen molar-refractivity contribution in [3.8, 4) is 22.8 Å². The van der Waals surface area contributed by atoms with Crippen molar-refractivity contribution in [1.29, 1.82) is 0 Å². The quantitative estimate of drug-likeness (QED) is 0.0630. The number of amidine groups is 1. The molecule has 1 heterocycles. The van der Waals surface area contributed by atoms with Crippen LogP contribution < -0.4 is 20.5 Å². The molecule has 214 valence electrons. The first kappa shape index (κ1) is 28.4. The van der Waals surface area contributed by atoms with Crippen molar-refractivity contribution in [3.05, 3.63) is 64.0 Å². The lowest BCUT2D eigenvalue weighted by molar-refractivity contribution is -0.00211. The summed E-state index contributed by atoms with van der Waals surface area (Å²) >= 11 is 1.93. The van der Waals surface area contributed by atoms with E-state index in [2.05, 4.69) is 29.5 Å². The second-order valence-electron chi connectivity index (χ2n) is 11.0. The van der Waals surface area contributed by atoms with Gasteiger partial charge in [0.05, 0.1) is 10.7 Å². The van der Waals surface area contributed by atoms with Crippen LogP contribution in [0.4, 0.5) is 0 Å². The summed E-state index contributed by atoms with van der Waals surface area (Å²) in [6, 6.07) is 16.2. The molecule has 40 heavy (non-hydrogen) atoms. The molecule has 8 heteroatoms. The van der Waals surface area contributed by atoms with Gasteiger partial charge in [-0.2, -0.15) is 0 Å². The molecule has 0 saturated heterocycles. The molecule has 0 aliphatic heterocycles. The molecule has 5 rings (SSSR count). The number of hydrogen-bond donors (Lipinski definition) is 3. The molecule has 0 bridgehead atoms. The zero-order valence-electron chi connectivity index (χ0n) is 23.5. The first-order valence-corrected chi connectivity index (χ1v) is 15.7. The van der Waals surface area contributed by atoms with Gasteiger partial charge in [0, 0.05) is 40.9 Å². The van der Waals surface area contributed by atoms with Gasteiger partial charge in [0.1, 0.15) is 11.5 Å². The van der Waals surface area contributed by atoms with E-state index >= 15 is 0 Å². The lowest BCUT2D eigenvalue weighted by Gasteiger charge is -2.21. The Hall–Kier alpha value is -3.10. The SMILES string of the molecule is CCCCC(Oc1ccc(C(N)=NO)cc1)Oc1ccc(-c2nc(C3CCCCC3)sc2CCNC2CC2)cc1. The number of oxime groups is 1. The van der Waals surface area contributed by atoms with Gasteiger partial charge in [0.25, 0.3) is 0 Å². The van der Waals surface area contributed by atoms with Gasteiger partial charge in [0.2, 0.25) is 6.29 Å². The van der Waals surface area contributed by atoms with Crippen LogP contribution in [0.15, 0.2) is 53.7 Å². The molecule has 1 aromatic heterocycles. The van der Waals surface area contributed by atoms with Crippen LogP contribution in [0.25, 0.3) is 11.3 Å². The number of nitrogens with two attached hydrogens (primary N) is 1. The lowest BCUT2D eigenvalue weighted by atomic mass is 9.90. The number of benzene rings is 2. The predicted octanol–water partition coefficient (Wildman–Crippen LogP) is 7.22. The lowest BCUT2D eigenvalue weighted by Crippen LogP contribution is -2.24. The maximum atomic E-state index is 8.90. The van der Waals surface area contributed by atoms with Gasteiger partial charge in [-0.05, 0) is 87.1 Å². The van der Waals surface area contributed by atoms with Gasteiger partial charge >= 0.3 is 0 Å². The van der Waals surface area contributed by atoms with Crippen LogP contribution in [-0.2, 0) is 6.42 Å². The van der Waals surface area contributed by atoms with Gasteiger partial charge in [-0.1, -0.05) is 37.8 Å². The Morgan fingerprint density at radius 2 is 1.70 bits per heavy atom. The van der Waals surface area contributed by atoms with Gasteiger partial charge < -0.3 is 25.7 Å². The Morgan fingerprint density at radius 3 is 2.33 bits per heavy atom. The Labute approximate surface area is 241 Å². The van der Waals surface area contributed by atoms with Crippen LogP contribution in [0.5, 0.6) is 11.5 Å². The third-order valence-electron chi connectivity index (χ3n) is 7.74. The highest BCUT2D eigenvalue weighted by atomic mass is 32.1. The zero-order chi connectivity index (χ0) is 27.7. The summed E-state index contributed by atoms with van der Waals surface area (Å²) in [5, 5.41) is 16.9. The number of unbranched alkanes of at least 4 members (excludes halogenated alkanes) is 1. The van der Waals surface area contributed by atoms with Gasteiger partial charge in [-0.25, -0.2) is 4.98 Å². The molecule has 0 amide bonds. The van der Waals surface area contributed by atoms with Crippen molar-refractivity contribution in [1.82, 2.24) is 10.3 Å². The number of hydrogen-bond acceptors (Lipinski definition) is 7. The second-order valence-corrected chi connectivity index (χ2v) is 12.1. The van der Waals surface area contributed by atoms with Crippen LogP contribution in [0.2, 0.25) is 0 Å². The molecule has 2 aliphatic carbocycles. The largest absolute Gasteiger partial charge is 0.455 e. The summed E-state index contributed by atoms with van der Waals surface area (Å²) in [6.45, 7) is 3.17. The van der Waals surface area contributed by atoms with Crippen molar-refractivity contribution in [2.45, 2.75) is 95.8 Å². The second kappa shape index (κ2) is 14.0. The van der Waals surface area contributed by atoms with Gasteiger partial charge in [0.15, 0.2) is 5.84 Å².